The second kappa shape index (κ2) is 10.2. The number of piperidine rings is 2. The molecule has 0 radical (unpaired) electrons. The zero-order valence-corrected chi connectivity index (χ0v) is 19.1. The number of hydrogen-bond donors (Lipinski definition) is 0. The van der Waals surface area contributed by atoms with Crippen LogP contribution in [0.1, 0.15) is 49.4 Å². The Labute approximate surface area is 193 Å². The van der Waals surface area contributed by atoms with Crippen molar-refractivity contribution < 1.29 is 23.9 Å². The van der Waals surface area contributed by atoms with E-state index < -0.39 is 17.6 Å². The molecule has 0 saturated carbocycles. The van der Waals surface area contributed by atoms with Gasteiger partial charge in [-0.05, 0) is 45.1 Å². The number of carbonyl (C=O) groups is 4. The average molecular weight is 454 g/mol. The molecule has 1 aromatic carbocycles. The van der Waals surface area contributed by atoms with Crippen LogP contribution >= 0.6 is 0 Å². The van der Waals surface area contributed by atoms with Crippen LogP contribution in [0.4, 0.5) is 0 Å². The molecule has 1 unspecified atom stereocenters. The van der Waals surface area contributed by atoms with Gasteiger partial charge in [-0.1, -0.05) is 18.2 Å². The quantitative estimate of drug-likeness (QED) is 0.381. The maximum atomic E-state index is 13.2. The molecule has 0 N–H and O–H groups in total. The minimum absolute atomic E-state index is 0.0223. The summed E-state index contributed by atoms with van der Waals surface area (Å²) >= 11 is 0. The van der Waals surface area contributed by atoms with Gasteiger partial charge in [-0.3, -0.25) is 19.2 Å². The van der Waals surface area contributed by atoms with Gasteiger partial charge in [-0.2, -0.15) is 0 Å². The van der Waals surface area contributed by atoms with E-state index in [0.717, 1.165) is 37.9 Å². The number of nitrogens with zero attached hydrogens (tertiary/aromatic N) is 3. The first kappa shape index (κ1) is 23.0. The van der Waals surface area contributed by atoms with Crippen molar-refractivity contribution in [1.29, 1.82) is 0 Å². The highest BCUT2D eigenvalue weighted by Crippen LogP contribution is 2.25. The summed E-state index contributed by atoms with van der Waals surface area (Å²) in [5.41, 5.74) is 1.04. The smallest absolute Gasteiger partial charge is 0.310 e. The highest BCUT2D eigenvalue weighted by Gasteiger charge is 2.33. The minimum Gasteiger partial charge on any atom is -0.466 e. The molecule has 8 heteroatoms. The molecule has 2 saturated heterocycles. The molecule has 176 valence electrons. The minimum atomic E-state index is -0.616. The Balaban J connectivity index is 1.54. The van der Waals surface area contributed by atoms with Crippen molar-refractivity contribution in [2.45, 2.75) is 45.6 Å². The van der Waals surface area contributed by atoms with Gasteiger partial charge in [0, 0.05) is 43.3 Å². The third kappa shape index (κ3) is 4.94. The van der Waals surface area contributed by atoms with E-state index in [-0.39, 0.29) is 31.6 Å². The number of rotatable bonds is 6. The number of hydrogen-bond acceptors (Lipinski definition) is 5. The summed E-state index contributed by atoms with van der Waals surface area (Å²) in [6.45, 7) is 4.33. The molecule has 0 bridgehead atoms. The largest absolute Gasteiger partial charge is 0.466 e. The monoisotopic (exact) mass is 453 g/mol. The van der Waals surface area contributed by atoms with Gasteiger partial charge in [-0.25, -0.2) is 0 Å². The molecule has 2 aliphatic heterocycles. The van der Waals surface area contributed by atoms with Gasteiger partial charge < -0.3 is 19.1 Å². The van der Waals surface area contributed by atoms with Crippen LogP contribution in [0.5, 0.6) is 0 Å². The topological polar surface area (TPSA) is 88.9 Å². The van der Waals surface area contributed by atoms with Gasteiger partial charge in [0.1, 0.15) is 6.54 Å². The Morgan fingerprint density at radius 1 is 0.970 bits per heavy atom. The number of fused-ring (bicyclic) bond motifs is 1. The highest BCUT2D eigenvalue weighted by molar-refractivity contribution is 6.45. The number of esters is 1. The molecule has 8 nitrogen and oxygen atoms in total. The maximum Gasteiger partial charge on any atom is 0.310 e. The molecule has 0 aliphatic carbocycles. The van der Waals surface area contributed by atoms with E-state index in [0.29, 0.717) is 30.3 Å². The Morgan fingerprint density at radius 3 is 2.45 bits per heavy atom. The van der Waals surface area contributed by atoms with Crippen molar-refractivity contribution in [3.8, 4) is 0 Å². The van der Waals surface area contributed by atoms with E-state index >= 15 is 0 Å². The summed E-state index contributed by atoms with van der Waals surface area (Å²) in [5, 5.41) is 0.654. The number of ether oxygens (including phenoxy) is 1. The number of likely N-dealkylation sites (tertiary alicyclic amines) is 2. The standard InChI is InChI=1S/C25H31N3O5/c1-2-33-25(32)18-9-8-14-27(15-18)24(31)23(30)20-16-28(21-11-5-4-10-19(20)21)17-22(29)26-12-6-3-7-13-26/h4-5,10-11,16,18H,2-3,6-9,12-15,17H2,1H3. The second-order valence-electron chi connectivity index (χ2n) is 8.80. The van der Waals surface area contributed by atoms with Crippen molar-refractivity contribution in [1.82, 2.24) is 14.4 Å². The van der Waals surface area contributed by atoms with Crippen LogP contribution in [0.25, 0.3) is 10.9 Å². The number of amides is 2. The zero-order chi connectivity index (χ0) is 23.4. The Hall–Kier alpha value is -3.16. The first-order valence-corrected chi connectivity index (χ1v) is 11.9. The fourth-order valence-corrected chi connectivity index (χ4v) is 4.82. The molecule has 2 amide bonds. The second-order valence-corrected chi connectivity index (χ2v) is 8.80. The molecule has 2 aliphatic rings. The van der Waals surface area contributed by atoms with Gasteiger partial charge in [-0.15, -0.1) is 0 Å². The first-order chi connectivity index (χ1) is 16.0. The van der Waals surface area contributed by atoms with Crippen LogP contribution in [-0.2, 0) is 25.7 Å². The van der Waals surface area contributed by atoms with E-state index in [2.05, 4.69) is 0 Å². The normalized spacial score (nSPS) is 18.9. The molecule has 0 spiro atoms. The fourth-order valence-electron chi connectivity index (χ4n) is 4.82. The van der Waals surface area contributed by atoms with Crippen LogP contribution in [0, 0.1) is 5.92 Å². The van der Waals surface area contributed by atoms with Crippen molar-refractivity contribution in [2.24, 2.45) is 5.92 Å². The lowest BCUT2D eigenvalue weighted by Crippen LogP contribution is -2.45. The number of carbonyl (C=O) groups excluding carboxylic acids is 4. The molecule has 1 atom stereocenters. The van der Waals surface area contributed by atoms with E-state index in [4.69, 9.17) is 4.74 Å². The van der Waals surface area contributed by atoms with E-state index in [1.165, 1.54) is 4.90 Å². The summed E-state index contributed by atoms with van der Waals surface area (Å²) in [7, 11) is 0. The van der Waals surface area contributed by atoms with Gasteiger partial charge >= 0.3 is 5.97 Å². The predicted molar refractivity (Wildman–Crippen MR) is 123 cm³/mol. The van der Waals surface area contributed by atoms with Crippen molar-refractivity contribution >= 4 is 34.5 Å². The van der Waals surface area contributed by atoms with Crippen LogP contribution in [0.15, 0.2) is 30.5 Å². The summed E-state index contributed by atoms with van der Waals surface area (Å²) in [5.74, 6) is -1.93. The highest BCUT2D eigenvalue weighted by atomic mass is 16.5. The third-order valence-corrected chi connectivity index (χ3v) is 6.57. The number of benzene rings is 1. The lowest BCUT2D eigenvalue weighted by molar-refractivity contribution is -0.150. The molecular formula is C25H31N3O5. The summed E-state index contributed by atoms with van der Waals surface area (Å²) in [4.78, 5) is 54.6. The van der Waals surface area contributed by atoms with Crippen molar-refractivity contribution in [3.05, 3.63) is 36.0 Å². The summed E-state index contributed by atoms with van der Waals surface area (Å²) < 4.78 is 6.87. The van der Waals surface area contributed by atoms with Gasteiger partial charge in [0.15, 0.2) is 0 Å². The fraction of sp³-hybridized carbons (Fsp3) is 0.520. The number of aromatic nitrogens is 1. The molecule has 33 heavy (non-hydrogen) atoms. The van der Waals surface area contributed by atoms with Crippen LogP contribution in [-0.4, -0.2) is 70.7 Å². The molecular weight excluding hydrogens is 422 g/mol. The maximum absolute atomic E-state index is 13.2. The molecule has 2 aromatic rings. The lowest BCUT2D eigenvalue weighted by Gasteiger charge is -2.31. The van der Waals surface area contributed by atoms with Crippen LogP contribution < -0.4 is 0 Å². The number of Topliss-reactive ketones (excluding diaryl/α,β-unsaturated/α-hetero) is 1. The zero-order valence-electron chi connectivity index (χ0n) is 19.1. The van der Waals surface area contributed by atoms with Crippen LogP contribution in [0.2, 0.25) is 0 Å². The number of ketones is 1. The Morgan fingerprint density at radius 2 is 1.70 bits per heavy atom. The van der Waals surface area contributed by atoms with E-state index in [1.54, 1.807) is 23.8 Å². The van der Waals surface area contributed by atoms with Gasteiger partial charge in [0.2, 0.25) is 5.91 Å². The van der Waals surface area contributed by atoms with Crippen LogP contribution in [0.3, 0.4) is 0 Å². The SMILES string of the molecule is CCOC(=O)C1CCCN(C(=O)C(=O)c2cn(CC(=O)N3CCCCC3)c3ccccc23)C1. The number of para-hydroxylation sites is 1. The molecule has 2 fully saturated rings. The summed E-state index contributed by atoms with van der Waals surface area (Å²) in [6, 6.07) is 7.33. The van der Waals surface area contributed by atoms with E-state index in [9.17, 15) is 19.2 Å². The molecule has 4 rings (SSSR count). The van der Waals surface area contributed by atoms with Crippen molar-refractivity contribution in [3.63, 3.8) is 0 Å². The lowest BCUT2D eigenvalue weighted by atomic mass is 9.97. The first-order valence-electron chi connectivity index (χ1n) is 11.9. The third-order valence-electron chi connectivity index (χ3n) is 6.57. The van der Waals surface area contributed by atoms with Crippen molar-refractivity contribution in [2.75, 3.05) is 32.8 Å². The summed E-state index contributed by atoms with van der Waals surface area (Å²) in [6.07, 6.45) is 6.09. The Bertz CT molecular complexity index is 1050. The van der Waals surface area contributed by atoms with Gasteiger partial charge in [0.05, 0.1) is 18.1 Å². The van der Waals surface area contributed by atoms with Gasteiger partial charge in [0.25, 0.3) is 11.7 Å². The molecule has 3 heterocycles. The molecule has 1 aromatic heterocycles. The average Bonchev–Trinajstić information content (AvgIpc) is 3.22. The van der Waals surface area contributed by atoms with E-state index in [1.807, 2.05) is 23.1 Å². The Kier molecular flexibility index (Phi) is 7.11. The predicted octanol–water partition coefficient (Wildman–Crippen LogP) is 2.64.